The number of rotatable bonds is 2. The minimum Gasteiger partial charge on any atom is -0.452 e. The van der Waals surface area contributed by atoms with Gasteiger partial charge in [-0.25, -0.2) is 4.79 Å². The molecule has 106 valence electrons. The number of fused-ring (bicyclic) bond motifs is 2. The van der Waals surface area contributed by atoms with E-state index in [-0.39, 0.29) is 18.6 Å². The van der Waals surface area contributed by atoms with E-state index in [9.17, 15) is 9.59 Å². The molecule has 2 N–H and O–H groups in total. The molecule has 0 aliphatic carbocycles. The van der Waals surface area contributed by atoms with Gasteiger partial charge in [0.2, 0.25) is 5.91 Å². The van der Waals surface area contributed by atoms with Crippen molar-refractivity contribution in [3.05, 3.63) is 24.0 Å². The van der Waals surface area contributed by atoms with Gasteiger partial charge in [0.1, 0.15) is 6.61 Å². The Labute approximate surface area is 120 Å². The third-order valence-electron chi connectivity index (χ3n) is 4.00. The van der Waals surface area contributed by atoms with Gasteiger partial charge >= 0.3 is 5.43 Å². The number of piperidine rings is 1. The van der Waals surface area contributed by atoms with Crippen LogP contribution >= 0.6 is 11.6 Å². The second-order valence-corrected chi connectivity index (χ2v) is 5.42. The van der Waals surface area contributed by atoms with Crippen LogP contribution < -0.4 is 10.6 Å². The van der Waals surface area contributed by atoms with Gasteiger partial charge in [-0.15, -0.1) is 0 Å². The average Bonchev–Trinajstić information content (AvgIpc) is 2.70. The Hall–Kier alpha value is -1.66. The standard InChI is InChI=1S/C13H14ClN3O3/c14-12(19)20-7-8-5-13(2-4-16-8)9-1-3-15-6-10(9)17-11(13)18/h1,3,6,8,16H,2,4-5,7H2,(H,17,18). The van der Waals surface area contributed by atoms with Gasteiger partial charge in [0.15, 0.2) is 0 Å². The predicted molar refractivity (Wildman–Crippen MR) is 72.8 cm³/mol. The Morgan fingerprint density at radius 2 is 2.45 bits per heavy atom. The normalized spacial score (nSPS) is 28.1. The largest absolute Gasteiger partial charge is 0.452 e. The fourth-order valence-corrected chi connectivity index (χ4v) is 3.16. The van der Waals surface area contributed by atoms with E-state index < -0.39 is 10.8 Å². The highest BCUT2D eigenvalue weighted by atomic mass is 35.5. The minimum atomic E-state index is -0.827. The van der Waals surface area contributed by atoms with Crippen molar-refractivity contribution < 1.29 is 14.3 Å². The van der Waals surface area contributed by atoms with Crippen molar-refractivity contribution in [1.29, 1.82) is 0 Å². The van der Waals surface area contributed by atoms with Crippen LogP contribution in [0.15, 0.2) is 18.5 Å². The maximum absolute atomic E-state index is 12.4. The number of halogens is 1. The predicted octanol–water partition coefficient (Wildman–Crippen LogP) is 1.40. The van der Waals surface area contributed by atoms with Crippen LogP contribution in [0.1, 0.15) is 18.4 Å². The Morgan fingerprint density at radius 1 is 1.60 bits per heavy atom. The van der Waals surface area contributed by atoms with E-state index >= 15 is 0 Å². The summed E-state index contributed by atoms with van der Waals surface area (Å²) in [5.74, 6) is -0.01000. The second-order valence-electron chi connectivity index (χ2n) is 5.11. The van der Waals surface area contributed by atoms with Gasteiger partial charge in [-0.2, -0.15) is 0 Å². The first kappa shape index (κ1) is 13.3. The van der Waals surface area contributed by atoms with Crippen molar-refractivity contribution in [2.75, 3.05) is 18.5 Å². The zero-order chi connectivity index (χ0) is 14.2. The van der Waals surface area contributed by atoms with Crippen molar-refractivity contribution in [1.82, 2.24) is 10.3 Å². The lowest BCUT2D eigenvalue weighted by Gasteiger charge is -2.36. The van der Waals surface area contributed by atoms with Gasteiger partial charge in [-0.05, 0) is 31.0 Å². The molecule has 2 unspecified atom stereocenters. The van der Waals surface area contributed by atoms with Crippen molar-refractivity contribution in [2.24, 2.45) is 0 Å². The van der Waals surface area contributed by atoms with Crippen LogP contribution in [0.5, 0.6) is 0 Å². The number of pyridine rings is 1. The first-order valence-electron chi connectivity index (χ1n) is 6.43. The van der Waals surface area contributed by atoms with Gasteiger partial charge in [0, 0.05) is 23.8 Å². The van der Waals surface area contributed by atoms with Crippen LogP contribution in [0.3, 0.4) is 0 Å². The molecule has 1 spiro atoms. The number of hydrogen-bond acceptors (Lipinski definition) is 5. The summed E-state index contributed by atoms with van der Waals surface area (Å²) >= 11 is 5.18. The SMILES string of the molecule is O=C(Cl)OCC1CC2(CCN1)C(=O)Nc1cnccc12. The molecule has 0 bridgehead atoms. The molecule has 1 saturated heterocycles. The molecule has 1 amide bonds. The summed E-state index contributed by atoms with van der Waals surface area (Å²) in [5, 5.41) is 6.13. The van der Waals surface area contributed by atoms with Gasteiger partial charge < -0.3 is 15.4 Å². The maximum atomic E-state index is 12.4. The molecule has 1 aromatic heterocycles. The summed E-state index contributed by atoms with van der Waals surface area (Å²) in [5.41, 5.74) is 0.355. The molecule has 0 aromatic carbocycles. The molecule has 7 heteroatoms. The van der Waals surface area contributed by atoms with Gasteiger partial charge in [-0.1, -0.05) is 0 Å². The van der Waals surface area contributed by atoms with Crippen LogP contribution in [0.4, 0.5) is 10.5 Å². The summed E-state index contributed by atoms with van der Waals surface area (Å²) in [7, 11) is 0. The molecule has 3 heterocycles. The molecule has 2 aliphatic rings. The molecule has 0 saturated carbocycles. The third-order valence-corrected chi connectivity index (χ3v) is 4.11. The van der Waals surface area contributed by atoms with E-state index in [1.807, 2.05) is 6.07 Å². The number of carbonyl (C=O) groups is 2. The summed E-state index contributed by atoms with van der Waals surface area (Å²) in [4.78, 5) is 27.1. The zero-order valence-electron chi connectivity index (χ0n) is 10.7. The maximum Gasteiger partial charge on any atom is 0.403 e. The highest BCUT2D eigenvalue weighted by Gasteiger charge is 2.49. The number of hydrogen-bond donors (Lipinski definition) is 2. The monoisotopic (exact) mass is 295 g/mol. The lowest BCUT2D eigenvalue weighted by molar-refractivity contribution is -0.122. The first-order valence-corrected chi connectivity index (χ1v) is 6.81. The fourth-order valence-electron chi connectivity index (χ4n) is 3.09. The zero-order valence-corrected chi connectivity index (χ0v) is 11.4. The van der Waals surface area contributed by atoms with Crippen molar-refractivity contribution in [3.8, 4) is 0 Å². The Kier molecular flexibility index (Phi) is 3.35. The number of nitrogens with one attached hydrogen (secondary N) is 2. The highest BCUT2D eigenvalue weighted by Crippen LogP contribution is 2.44. The molecular weight excluding hydrogens is 282 g/mol. The Balaban J connectivity index is 1.85. The molecule has 1 aromatic rings. The number of nitrogens with zero attached hydrogens (tertiary/aromatic N) is 1. The van der Waals surface area contributed by atoms with Gasteiger partial charge in [-0.3, -0.25) is 9.78 Å². The van der Waals surface area contributed by atoms with Gasteiger partial charge in [0.05, 0.1) is 17.3 Å². The summed E-state index contributed by atoms with van der Waals surface area (Å²) < 4.78 is 4.83. The summed E-state index contributed by atoms with van der Waals surface area (Å²) in [6.07, 6.45) is 4.63. The average molecular weight is 296 g/mol. The van der Waals surface area contributed by atoms with E-state index in [0.717, 1.165) is 11.3 Å². The lowest BCUT2D eigenvalue weighted by Crippen LogP contribution is -2.51. The third kappa shape index (κ3) is 2.14. The molecule has 3 rings (SSSR count). The van der Waals surface area contributed by atoms with E-state index in [2.05, 4.69) is 15.6 Å². The van der Waals surface area contributed by atoms with Crippen LogP contribution in [0.25, 0.3) is 0 Å². The van der Waals surface area contributed by atoms with Crippen molar-refractivity contribution in [2.45, 2.75) is 24.3 Å². The van der Waals surface area contributed by atoms with Crippen LogP contribution in [-0.4, -0.2) is 35.5 Å². The second kappa shape index (κ2) is 5.03. The van der Waals surface area contributed by atoms with Crippen molar-refractivity contribution in [3.63, 3.8) is 0 Å². The smallest absolute Gasteiger partial charge is 0.403 e. The topological polar surface area (TPSA) is 80.3 Å². The van der Waals surface area contributed by atoms with E-state index in [1.165, 1.54) is 0 Å². The number of carbonyl (C=O) groups excluding carboxylic acids is 2. The van der Waals surface area contributed by atoms with E-state index in [0.29, 0.717) is 19.4 Å². The van der Waals surface area contributed by atoms with Crippen LogP contribution in [0.2, 0.25) is 0 Å². The lowest BCUT2D eigenvalue weighted by atomic mass is 9.72. The minimum absolute atomic E-state index is 0.01000. The quantitative estimate of drug-likeness (QED) is 0.806. The summed E-state index contributed by atoms with van der Waals surface area (Å²) in [6.45, 7) is 0.845. The molecule has 6 nitrogen and oxygen atoms in total. The molecule has 2 aliphatic heterocycles. The number of ether oxygens (including phenoxy) is 1. The van der Waals surface area contributed by atoms with E-state index in [4.69, 9.17) is 16.3 Å². The fraction of sp³-hybridized carbons (Fsp3) is 0.462. The Bertz CT molecular complexity index is 566. The van der Waals surface area contributed by atoms with Gasteiger partial charge in [0.25, 0.3) is 0 Å². The molecule has 0 radical (unpaired) electrons. The van der Waals surface area contributed by atoms with Crippen molar-refractivity contribution >= 4 is 28.6 Å². The number of anilines is 1. The highest BCUT2D eigenvalue weighted by molar-refractivity contribution is 6.61. The summed E-state index contributed by atoms with van der Waals surface area (Å²) in [6, 6.07) is 1.79. The van der Waals surface area contributed by atoms with Crippen LogP contribution in [0, 0.1) is 0 Å². The number of aromatic nitrogens is 1. The molecule has 20 heavy (non-hydrogen) atoms. The Morgan fingerprint density at radius 3 is 3.25 bits per heavy atom. The molecular formula is C13H14ClN3O3. The molecule has 2 atom stereocenters. The molecule has 1 fully saturated rings. The van der Waals surface area contributed by atoms with Crippen LogP contribution in [-0.2, 0) is 14.9 Å². The first-order chi connectivity index (χ1) is 9.62. The van der Waals surface area contributed by atoms with E-state index in [1.54, 1.807) is 12.4 Å². The number of amides is 1.